The molecule has 4 nitrogen and oxygen atoms in total. The lowest BCUT2D eigenvalue weighted by Crippen LogP contribution is -2.23. The van der Waals surface area contributed by atoms with Crippen molar-refractivity contribution in [3.63, 3.8) is 0 Å². The van der Waals surface area contributed by atoms with Crippen molar-refractivity contribution in [3.8, 4) is 17.2 Å². The lowest BCUT2D eigenvalue weighted by atomic mass is 10.1. The molecule has 0 spiro atoms. The Morgan fingerprint density at radius 3 is 2.73 bits per heavy atom. The van der Waals surface area contributed by atoms with Gasteiger partial charge in [0.2, 0.25) is 6.79 Å². The van der Waals surface area contributed by atoms with Gasteiger partial charge >= 0.3 is 0 Å². The molecule has 0 bridgehead atoms. The number of nitrogens with one attached hydrogen (secondary N) is 1. The predicted octanol–water partition coefficient (Wildman–Crippen LogP) is 1.27. The predicted molar refractivity (Wildman–Crippen MR) is 56.5 cm³/mol. The van der Waals surface area contributed by atoms with Gasteiger partial charge in [0.05, 0.1) is 0 Å². The van der Waals surface area contributed by atoms with Crippen molar-refractivity contribution in [2.24, 2.45) is 0 Å². The molecule has 0 fully saturated rings. The van der Waals surface area contributed by atoms with Crippen molar-refractivity contribution in [2.45, 2.75) is 19.4 Å². The summed E-state index contributed by atoms with van der Waals surface area (Å²) >= 11 is 0. The van der Waals surface area contributed by atoms with Crippen molar-refractivity contribution in [1.82, 2.24) is 5.32 Å². The Balaban J connectivity index is 2.24. The standard InChI is InChI=1S/C11H15NO3/c1-7(12-2)3-8-4-10-11(5-9(8)13)15-6-14-10/h4-5,7,12-13H,3,6H2,1-2H3. The number of fused-ring (bicyclic) bond motifs is 1. The highest BCUT2D eigenvalue weighted by Gasteiger charge is 2.17. The minimum absolute atomic E-state index is 0.236. The van der Waals surface area contributed by atoms with Gasteiger partial charge in [-0.1, -0.05) is 0 Å². The van der Waals surface area contributed by atoms with Crippen molar-refractivity contribution in [1.29, 1.82) is 0 Å². The Morgan fingerprint density at radius 1 is 1.40 bits per heavy atom. The quantitative estimate of drug-likeness (QED) is 0.787. The summed E-state index contributed by atoms with van der Waals surface area (Å²) in [6.45, 7) is 2.30. The molecule has 1 heterocycles. The number of phenolic OH excluding ortho intramolecular Hbond substituents is 1. The van der Waals surface area contributed by atoms with Crippen molar-refractivity contribution in [3.05, 3.63) is 17.7 Å². The lowest BCUT2D eigenvalue weighted by Gasteiger charge is -2.11. The van der Waals surface area contributed by atoms with Gasteiger partial charge in [0.1, 0.15) is 5.75 Å². The van der Waals surface area contributed by atoms with E-state index in [9.17, 15) is 5.11 Å². The van der Waals surface area contributed by atoms with Crippen molar-refractivity contribution < 1.29 is 14.6 Å². The van der Waals surface area contributed by atoms with Crippen LogP contribution < -0.4 is 14.8 Å². The van der Waals surface area contributed by atoms with E-state index in [2.05, 4.69) is 12.2 Å². The SMILES string of the molecule is CNC(C)Cc1cc2c(cc1O)OCO2. The smallest absolute Gasteiger partial charge is 0.231 e. The second kappa shape index (κ2) is 3.98. The van der Waals surface area contributed by atoms with E-state index in [4.69, 9.17) is 9.47 Å². The number of hydrogen-bond acceptors (Lipinski definition) is 4. The second-order valence-electron chi connectivity index (χ2n) is 3.73. The van der Waals surface area contributed by atoms with Crippen LogP contribution in [-0.2, 0) is 6.42 Å². The van der Waals surface area contributed by atoms with Crippen LogP contribution in [0, 0.1) is 0 Å². The summed E-state index contributed by atoms with van der Waals surface area (Å²) in [6.07, 6.45) is 0.763. The molecule has 1 aliphatic heterocycles. The highest BCUT2D eigenvalue weighted by atomic mass is 16.7. The Kier molecular flexibility index (Phi) is 2.68. The van der Waals surface area contributed by atoms with Gasteiger partial charge in [0, 0.05) is 12.1 Å². The number of hydrogen-bond donors (Lipinski definition) is 2. The molecule has 1 atom stereocenters. The molecule has 0 radical (unpaired) electrons. The van der Waals surface area contributed by atoms with Crippen LogP contribution in [0.5, 0.6) is 17.2 Å². The van der Waals surface area contributed by atoms with Gasteiger partial charge in [-0.3, -0.25) is 0 Å². The summed E-state index contributed by atoms with van der Waals surface area (Å²) in [5.41, 5.74) is 0.876. The fourth-order valence-corrected chi connectivity index (χ4v) is 1.57. The van der Waals surface area contributed by atoms with Crippen LogP contribution in [0.2, 0.25) is 0 Å². The minimum Gasteiger partial charge on any atom is -0.508 e. The summed E-state index contributed by atoms with van der Waals surface area (Å²) in [4.78, 5) is 0. The Bertz CT molecular complexity index is 365. The fraction of sp³-hybridized carbons (Fsp3) is 0.455. The summed E-state index contributed by atoms with van der Waals surface area (Å²) in [6, 6.07) is 3.77. The molecular weight excluding hydrogens is 194 g/mol. The van der Waals surface area contributed by atoms with Crippen LogP contribution in [0.1, 0.15) is 12.5 Å². The average Bonchev–Trinajstić information content (AvgIpc) is 2.65. The Hall–Kier alpha value is -1.42. The van der Waals surface area contributed by atoms with Gasteiger partial charge in [0.25, 0.3) is 0 Å². The molecular formula is C11H15NO3. The van der Waals surface area contributed by atoms with E-state index >= 15 is 0 Å². The molecule has 0 saturated heterocycles. The van der Waals surface area contributed by atoms with E-state index in [1.165, 1.54) is 0 Å². The number of rotatable bonds is 3. The molecule has 4 heteroatoms. The third-order valence-electron chi connectivity index (χ3n) is 2.59. The summed E-state index contributed by atoms with van der Waals surface area (Å²) in [7, 11) is 1.90. The molecule has 0 aromatic heterocycles. The number of benzene rings is 1. The second-order valence-corrected chi connectivity index (χ2v) is 3.73. The summed E-state index contributed by atoms with van der Waals surface area (Å²) < 4.78 is 10.4. The number of ether oxygens (including phenoxy) is 2. The van der Waals surface area contributed by atoms with E-state index in [1.54, 1.807) is 6.07 Å². The number of likely N-dealkylation sites (N-methyl/N-ethyl adjacent to an activating group) is 1. The number of aromatic hydroxyl groups is 1. The largest absolute Gasteiger partial charge is 0.508 e. The van der Waals surface area contributed by atoms with E-state index in [0.29, 0.717) is 17.5 Å². The van der Waals surface area contributed by atoms with Gasteiger partial charge in [-0.05, 0) is 32.0 Å². The van der Waals surface area contributed by atoms with Crippen molar-refractivity contribution >= 4 is 0 Å². The van der Waals surface area contributed by atoms with E-state index in [0.717, 1.165) is 12.0 Å². The first kappa shape index (κ1) is 10.1. The Labute approximate surface area is 88.8 Å². The maximum atomic E-state index is 9.76. The van der Waals surface area contributed by atoms with E-state index in [-0.39, 0.29) is 12.5 Å². The zero-order valence-electron chi connectivity index (χ0n) is 8.91. The average molecular weight is 209 g/mol. The first-order valence-corrected chi connectivity index (χ1v) is 4.99. The third-order valence-corrected chi connectivity index (χ3v) is 2.59. The highest BCUT2D eigenvalue weighted by Crippen LogP contribution is 2.37. The zero-order chi connectivity index (χ0) is 10.8. The first-order valence-electron chi connectivity index (χ1n) is 4.99. The van der Waals surface area contributed by atoms with Gasteiger partial charge in [-0.2, -0.15) is 0 Å². The van der Waals surface area contributed by atoms with Crippen LogP contribution in [0.25, 0.3) is 0 Å². The normalized spacial score (nSPS) is 15.3. The van der Waals surface area contributed by atoms with Gasteiger partial charge in [-0.25, -0.2) is 0 Å². The van der Waals surface area contributed by atoms with Gasteiger partial charge < -0.3 is 19.9 Å². The van der Waals surface area contributed by atoms with Crippen LogP contribution in [0.3, 0.4) is 0 Å². The fourth-order valence-electron chi connectivity index (χ4n) is 1.57. The molecule has 0 aliphatic carbocycles. The van der Waals surface area contributed by atoms with E-state index < -0.39 is 0 Å². The van der Waals surface area contributed by atoms with Crippen molar-refractivity contribution in [2.75, 3.05) is 13.8 Å². The molecule has 15 heavy (non-hydrogen) atoms. The zero-order valence-corrected chi connectivity index (χ0v) is 8.91. The highest BCUT2D eigenvalue weighted by molar-refractivity contribution is 5.51. The molecule has 82 valence electrons. The van der Waals surface area contributed by atoms with Gasteiger partial charge in [-0.15, -0.1) is 0 Å². The monoisotopic (exact) mass is 209 g/mol. The molecule has 1 aromatic rings. The number of phenols is 1. The van der Waals surface area contributed by atoms with Crippen LogP contribution in [0.4, 0.5) is 0 Å². The molecule has 0 saturated carbocycles. The topological polar surface area (TPSA) is 50.7 Å². The molecule has 1 aliphatic rings. The molecule has 1 unspecified atom stereocenters. The maximum absolute atomic E-state index is 9.76. The van der Waals surface area contributed by atoms with Crippen LogP contribution in [-0.4, -0.2) is 25.0 Å². The van der Waals surface area contributed by atoms with E-state index in [1.807, 2.05) is 13.1 Å². The summed E-state index contributed by atoms with van der Waals surface area (Å²) in [5, 5.41) is 12.9. The molecule has 0 amide bonds. The minimum atomic E-state index is 0.236. The molecule has 2 rings (SSSR count). The lowest BCUT2D eigenvalue weighted by molar-refractivity contribution is 0.174. The third kappa shape index (κ3) is 1.99. The maximum Gasteiger partial charge on any atom is 0.231 e. The molecule has 2 N–H and O–H groups in total. The molecule has 1 aromatic carbocycles. The Morgan fingerprint density at radius 2 is 2.07 bits per heavy atom. The van der Waals surface area contributed by atoms with Gasteiger partial charge in [0.15, 0.2) is 11.5 Å². The first-order chi connectivity index (χ1) is 7.20. The van der Waals surface area contributed by atoms with Crippen LogP contribution >= 0.6 is 0 Å². The summed E-state index contributed by atoms with van der Waals surface area (Å²) in [5.74, 6) is 1.60. The van der Waals surface area contributed by atoms with Crippen LogP contribution in [0.15, 0.2) is 12.1 Å².